The average Bonchev–Trinajstić information content (AvgIpc) is 3.40. The van der Waals surface area contributed by atoms with Gasteiger partial charge in [-0.1, -0.05) is 35.6 Å². The molecule has 3 aromatic rings. The SMILES string of the molecule is O=c1cccc(-c2cccc(-c3nnc(NC4CCC5NNCC5C4Cl)s3)c2)[nH]1. The van der Waals surface area contributed by atoms with Gasteiger partial charge in [-0.3, -0.25) is 15.6 Å². The van der Waals surface area contributed by atoms with Gasteiger partial charge in [0.1, 0.15) is 5.01 Å². The number of hydrazine groups is 1. The molecule has 9 heteroatoms. The minimum absolute atomic E-state index is 0.0434. The van der Waals surface area contributed by atoms with E-state index in [0.29, 0.717) is 12.0 Å². The minimum Gasteiger partial charge on any atom is -0.356 e. The molecule has 2 aliphatic rings. The van der Waals surface area contributed by atoms with E-state index in [-0.39, 0.29) is 17.0 Å². The lowest BCUT2D eigenvalue weighted by atomic mass is 9.82. The summed E-state index contributed by atoms with van der Waals surface area (Å²) in [4.78, 5) is 14.5. The molecule has 2 fully saturated rings. The van der Waals surface area contributed by atoms with Crippen LogP contribution < -0.4 is 21.7 Å². The first-order chi connectivity index (χ1) is 14.2. The number of nitrogens with one attached hydrogen (secondary N) is 4. The van der Waals surface area contributed by atoms with E-state index in [1.54, 1.807) is 6.07 Å². The number of nitrogens with zero attached hydrogens (tertiary/aromatic N) is 2. The highest BCUT2D eigenvalue weighted by Crippen LogP contribution is 2.35. The van der Waals surface area contributed by atoms with Gasteiger partial charge in [0.05, 0.1) is 5.38 Å². The second-order valence-corrected chi connectivity index (χ2v) is 8.97. The summed E-state index contributed by atoms with van der Waals surface area (Å²) in [5.41, 5.74) is 9.09. The van der Waals surface area contributed by atoms with Crippen LogP contribution in [0.25, 0.3) is 21.8 Å². The standard InChI is InChI=1S/C20H21ClN6OS/c21-18-13-10-22-25-15(13)7-8-16(18)24-20-27-26-19(29-20)12-4-1-3-11(9-12)14-5-2-6-17(28)23-14/h1-6,9,13,15-16,18,22,25H,7-8,10H2,(H,23,28)(H,24,27). The maximum Gasteiger partial charge on any atom is 0.248 e. The molecule has 0 spiro atoms. The third kappa shape index (κ3) is 3.81. The molecule has 1 aliphatic heterocycles. The Kier molecular flexibility index (Phi) is 5.09. The number of hydrogen-bond donors (Lipinski definition) is 4. The Labute approximate surface area is 176 Å². The van der Waals surface area contributed by atoms with Gasteiger partial charge in [0.2, 0.25) is 10.7 Å². The van der Waals surface area contributed by atoms with Crippen molar-refractivity contribution in [2.24, 2.45) is 5.92 Å². The number of aromatic nitrogens is 3. The molecule has 0 amide bonds. The first kappa shape index (κ1) is 18.7. The molecular formula is C20H21ClN6OS. The topological polar surface area (TPSA) is 94.7 Å². The number of H-pyrrole nitrogens is 1. The highest BCUT2D eigenvalue weighted by Gasteiger charge is 2.41. The van der Waals surface area contributed by atoms with E-state index in [1.807, 2.05) is 30.3 Å². The molecule has 3 heterocycles. The second kappa shape index (κ2) is 7.87. The maximum absolute atomic E-state index is 11.6. The first-order valence-electron chi connectivity index (χ1n) is 9.70. The Morgan fingerprint density at radius 2 is 1.97 bits per heavy atom. The number of halogens is 1. The molecule has 1 aliphatic carbocycles. The molecule has 0 bridgehead atoms. The molecule has 1 saturated carbocycles. The van der Waals surface area contributed by atoms with Crippen LogP contribution in [0.5, 0.6) is 0 Å². The van der Waals surface area contributed by atoms with E-state index in [9.17, 15) is 4.79 Å². The van der Waals surface area contributed by atoms with Crippen LogP contribution in [0.4, 0.5) is 5.13 Å². The van der Waals surface area contributed by atoms with Gasteiger partial charge in [-0.25, -0.2) is 0 Å². The zero-order valence-corrected chi connectivity index (χ0v) is 17.1. The minimum atomic E-state index is -0.117. The van der Waals surface area contributed by atoms with Crippen LogP contribution in [0.15, 0.2) is 47.3 Å². The molecule has 5 rings (SSSR count). The van der Waals surface area contributed by atoms with Crippen molar-refractivity contribution < 1.29 is 0 Å². The Morgan fingerprint density at radius 1 is 1.10 bits per heavy atom. The molecule has 4 unspecified atom stereocenters. The van der Waals surface area contributed by atoms with Gasteiger partial charge in [0.15, 0.2) is 0 Å². The van der Waals surface area contributed by atoms with Crippen LogP contribution in [0.2, 0.25) is 0 Å². The predicted molar refractivity (Wildman–Crippen MR) is 116 cm³/mol. The summed E-state index contributed by atoms with van der Waals surface area (Å²) >= 11 is 8.26. The highest BCUT2D eigenvalue weighted by molar-refractivity contribution is 7.18. The van der Waals surface area contributed by atoms with E-state index in [1.165, 1.54) is 17.4 Å². The van der Waals surface area contributed by atoms with Crippen molar-refractivity contribution >= 4 is 28.1 Å². The van der Waals surface area contributed by atoms with Gasteiger partial charge >= 0.3 is 0 Å². The van der Waals surface area contributed by atoms with Crippen molar-refractivity contribution in [1.29, 1.82) is 0 Å². The lowest BCUT2D eigenvalue weighted by Crippen LogP contribution is -2.47. The number of anilines is 1. The quantitative estimate of drug-likeness (QED) is 0.477. The normalized spacial score (nSPS) is 26.2. The van der Waals surface area contributed by atoms with E-state index < -0.39 is 0 Å². The molecular weight excluding hydrogens is 408 g/mol. The smallest absolute Gasteiger partial charge is 0.248 e. The Balaban J connectivity index is 1.34. The zero-order chi connectivity index (χ0) is 19.8. The van der Waals surface area contributed by atoms with Gasteiger partial charge in [-0.15, -0.1) is 21.8 Å². The zero-order valence-electron chi connectivity index (χ0n) is 15.6. The number of hydrogen-bond acceptors (Lipinski definition) is 7. The molecule has 4 N–H and O–H groups in total. The fourth-order valence-corrected chi connectivity index (χ4v) is 5.39. The molecule has 2 aromatic heterocycles. The van der Waals surface area contributed by atoms with Crippen molar-refractivity contribution in [2.75, 3.05) is 11.9 Å². The van der Waals surface area contributed by atoms with Gasteiger partial charge in [0.25, 0.3) is 0 Å². The lowest BCUT2D eigenvalue weighted by Gasteiger charge is -2.35. The number of alkyl halides is 1. The Bertz CT molecular complexity index is 1070. The largest absolute Gasteiger partial charge is 0.356 e. The summed E-state index contributed by atoms with van der Waals surface area (Å²) in [6.45, 7) is 0.896. The van der Waals surface area contributed by atoms with Gasteiger partial charge in [-0.2, -0.15) is 0 Å². The van der Waals surface area contributed by atoms with Crippen molar-refractivity contribution in [1.82, 2.24) is 26.0 Å². The fourth-order valence-electron chi connectivity index (χ4n) is 4.14. The number of benzene rings is 1. The predicted octanol–water partition coefficient (Wildman–Crippen LogP) is 2.83. The molecule has 29 heavy (non-hydrogen) atoms. The van der Waals surface area contributed by atoms with Gasteiger partial charge in [-0.05, 0) is 30.5 Å². The molecule has 1 saturated heterocycles. The van der Waals surface area contributed by atoms with E-state index in [0.717, 1.165) is 46.3 Å². The van der Waals surface area contributed by atoms with Crippen LogP contribution >= 0.6 is 22.9 Å². The summed E-state index contributed by atoms with van der Waals surface area (Å²) in [6.07, 6.45) is 2.08. The molecule has 150 valence electrons. The monoisotopic (exact) mass is 428 g/mol. The fraction of sp³-hybridized carbons (Fsp3) is 0.350. The van der Waals surface area contributed by atoms with E-state index in [2.05, 4.69) is 31.3 Å². The van der Waals surface area contributed by atoms with Crippen molar-refractivity contribution in [3.63, 3.8) is 0 Å². The molecule has 4 atom stereocenters. The van der Waals surface area contributed by atoms with Gasteiger partial charge < -0.3 is 10.3 Å². The molecule has 1 aromatic carbocycles. The van der Waals surface area contributed by atoms with Crippen LogP contribution in [0, 0.1) is 5.92 Å². The van der Waals surface area contributed by atoms with Crippen LogP contribution in [0.1, 0.15) is 12.8 Å². The van der Waals surface area contributed by atoms with Crippen LogP contribution in [-0.4, -0.2) is 39.2 Å². The lowest BCUT2D eigenvalue weighted by molar-refractivity contribution is 0.320. The Morgan fingerprint density at radius 3 is 2.86 bits per heavy atom. The van der Waals surface area contributed by atoms with E-state index in [4.69, 9.17) is 11.6 Å². The molecule has 0 radical (unpaired) electrons. The van der Waals surface area contributed by atoms with Crippen molar-refractivity contribution in [3.8, 4) is 21.8 Å². The van der Waals surface area contributed by atoms with Crippen molar-refractivity contribution in [3.05, 3.63) is 52.8 Å². The summed E-state index contributed by atoms with van der Waals surface area (Å²) in [5.74, 6) is 0.417. The average molecular weight is 429 g/mol. The highest BCUT2D eigenvalue weighted by atomic mass is 35.5. The summed E-state index contributed by atoms with van der Waals surface area (Å²) in [6, 6.07) is 13.7. The second-order valence-electron chi connectivity index (χ2n) is 7.49. The number of fused-ring (bicyclic) bond motifs is 1. The number of rotatable bonds is 4. The van der Waals surface area contributed by atoms with Crippen LogP contribution in [0.3, 0.4) is 0 Å². The third-order valence-corrected chi connectivity index (χ3v) is 7.18. The summed E-state index contributed by atoms with van der Waals surface area (Å²) in [5, 5.41) is 13.8. The third-order valence-electron chi connectivity index (χ3n) is 5.65. The number of pyridine rings is 1. The number of aromatic amines is 1. The van der Waals surface area contributed by atoms with Crippen LogP contribution in [-0.2, 0) is 0 Å². The summed E-state index contributed by atoms with van der Waals surface area (Å²) < 4.78 is 0. The summed E-state index contributed by atoms with van der Waals surface area (Å²) in [7, 11) is 0. The maximum atomic E-state index is 11.6. The molecule has 7 nitrogen and oxygen atoms in total. The van der Waals surface area contributed by atoms with Crippen molar-refractivity contribution in [2.45, 2.75) is 30.3 Å². The van der Waals surface area contributed by atoms with E-state index >= 15 is 0 Å². The van der Waals surface area contributed by atoms with Gasteiger partial charge in [0, 0.05) is 41.9 Å². The Hall–Kier alpha value is -2.26. The first-order valence-corrected chi connectivity index (χ1v) is 11.0.